The fourth-order valence-electron chi connectivity index (χ4n) is 2.77. The Morgan fingerprint density at radius 1 is 1.36 bits per heavy atom. The second-order valence-electron chi connectivity index (χ2n) is 5.67. The molecule has 0 radical (unpaired) electrons. The fourth-order valence-corrected chi connectivity index (χ4v) is 2.77. The highest BCUT2D eigenvalue weighted by molar-refractivity contribution is 5.89. The molecule has 0 aromatic carbocycles. The Morgan fingerprint density at radius 2 is 2.16 bits per heavy atom. The molecule has 0 aliphatic carbocycles. The van der Waals surface area contributed by atoms with E-state index in [9.17, 15) is 9.59 Å². The smallest absolute Gasteiger partial charge is 0.266 e. The summed E-state index contributed by atoms with van der Waals surface area (Å²) in [5.41, 5.74) is 2.41. The molecule has 0 fully saturated rings. The molecule has 3 aromatic heterocycles. The summed E-state index contributed by atoms with van der Waals surface area (Å²) in [4.78, 5) is 26.6. The van der Waals surface area contributed by atoms with E-state index in [0.717, 1.165) is 5.56 Å². The van der Waals surface area contributed by atoms with E-state index >= 15 is 0 Å². The first-order valence-electron chi connectivity index (χ1n) is 7.73. The number of rotatable bonds is 4. The molecule has 0 atom stereocenters. The summed E-state index contributed by atoms with van der Waals surface area (Å²) >= 11 is 0. The van der Waals surface area contributed by atoms with Crippen molar-refractivity contribution in [2.24, 2.45) is 0 Å². The van der Waals surface area contributed by atoms with Gasteiger partial charge in [0.05, 0.1) is 0 Å². The van der Waals surface area contributed by atoms with Crippen LogP contribution >= 0.6 is 0 Å². The highest BCUT2D eigenvalue weighted by Crippen LogP contribution is 2.15. The summed E-state index contributed by atoms with van der Waals surface area (Å²) in [7, 11) is 0. The lowest BCUT2D eigenvalue weighted by atomic mass is 9.99. The number of hydrogen-bond acceptors (Lipinski definition) is 5. The van der Waals surface area contributed by atoms with Gasteiger partial charge < -0.3 is 4.98 Å². The van der Waals surface area contributed by atoms with Gasteiger partial charge in [0.25, 0.3) is 5.56 Å². The third-order valence-electron chi connectivity index (χ3n) is 4.09. The van der Waals surface area contributed by atoms with E-state index in [1.807, 2.05) is 18.2 Å². The van der Waals surface area contributed by atoms with Gasteiger partial charge in [-0.15, -0.1) is 10.2 Å². The summed E-state index contributed by atoms with van der Waals surface area (Å²) < 4.78 is 1.68. The molecule has 3 heterocycles. The maximum Gasteiger partial charge on any atom is 0.266 e. The van der Waals surface area contributed by atoms with Gasteiger partial charge in [-0.1, -0.05) is 6.07 Å². The summed E-state index contributed by atoms with van der Waals surface area (Å²) in [5.74, 6) is 0.134. The van der Waals surface area contributed by atoms with Gasteiger partial charge in [-0.3, -0.25) is 19.3 Å². The Kier molecular flexibility index (Phi) is 4.31. The van der Waals surface area contributed by atoms with Crippen molar-refractivity contribution in [1.29, 1.82) is 5.26 Å². The zero-order valence-corrected chi connectivity index (χ0v) is 13.8. The minimum atomic E-state index is -0.402. The summed E-state index contributed by atoms with van der Waals surface area (Å²) in [5, 5.41) is 19.8. The number of H-pyrrole nitrogens is 1. The molecule has 3 rings (SSSR count). The minimum Gasteiger partial charge on any atom is -0.325 e. The zero-order valence-electron chi connectivity index (χ0n) is 13.8. The molecule has 1 amide bonds. The van der Waals surface area contributed by atoms with Gasteiger partial charge in [0.2, 0.25) is 11.9 Å². The van der Waals surface area contributed by atoms with Crippen molar-refractivity contribution in [3.63, 3.8) is 0 Å². The quantitative estimate of drug-likeness (QED) is 0.748. The zero-order chi connectivity index (χ0) is 18.0. The average Bonchev–Trinajstić information content (AvgIpc) is 2.98. The Hall–Kier alpha value is -3.47. The van der Waals surface area contributed by atoms with Gasteiger partial charge in [0.15, 0.2) is 5.65 Å². The molecule has 0 bridgehead atoms. The van der Waals surface area contributed by atoms with E-state index in [4.69, 9.17) is 5.26 Å². The maximum atomic E-state index is 12.2. The lowest BCUT2D eigenvalue weighted by Gasteiger charge is -2.10. The van der Waals surface area contributed by atoms with Crippen LogP contribution in [-0.4, -0.2) is 25.5 Å². The van der Waals surface area contributed by atoms with Crippen LogP contribution in [0.1, 0.15) is 28.8 Å². The van der Waals surface area contributed by atoms with Gasteiger partial charge in [-0.25, -0.2) is 0 Å². The molecule has 8 heteroatoms. The van der Waals surface area contributed by atoms with E-state index < -0.39 is 5.56 Å². The number of aromatic amines is 1. The largest absolute Gasteiger partial charge is 0.325 e. The fraction of sp³-hybridized carbons (Fsp3) is 0.235. The first kappa shape index (κ1) is 16.4. The van der Waals surface area contributed by atoms with Crippen LogP contribution in [0.25, 0.3) is 5.65 Å². The van der Waals surface area contributed by atoms with Crippen LogP contribution in [0.4, 0.5) is 5.95 Å². The summed E-state index contributed by atoms with van der Waals surface area (Å²) in [6.07, 6.45) is 2.37. The molecule has 0 unspecified atom stereocenters. The predicted octanol–water partition coefficient (Wildman–Crippen LogP) is 1.48. The second-order valence-corrected chi connectivity index (χ2v) is 5.67. The van der Waals surface area contributed by atoms with Gasteiger partial charge in [0.1, 0.15) is 11.6 Å². The lowest BCUT2D eigenvalue weighted by Crippen LogP contribution is -2.19. The topological polar surface area (TPSA) is 116 Å². The molecule has 8 nitrogen and oxygen atoms in total. The van der Waals surface area contributed by atoms with Crippen molar-refractivity contribution in [3.05, 3.63) is 57.1 Å². The molecule has 2 N–H and O–H groups in total. The van der Waals surface area contributed by atoms with Crippen LogP contribution in [0.2, 0.25) is 0 Å². The first-order valence-corrected chi connectivity index (χ1v) is 7.73. The number of fused-ring (bicyclic) bond motifs is 1. The number of carbonyl (C=O) groups is 1. The molecule has 3 aromatic rings. The molecular weight excluding hydrogens is 320 g/mol. The third kappa shape index (κ3) is 3.12. The molecule has 0 aliphatic rings. The molecule has 0 saturated carbocycles. The molecular formula is C17H16N6O2. The highest BCUT2D eigenvalue weighted by Gasteiger charge is 2.14. The lowest BCUT2D eigenvalue weighted by molar-refractivity contribution is -0.116. The van der Waals surface area contributed by atoms with Crippen molar-refractivity contribution in [2.45, 2.75) is 26.7 Å². The van der Waals surface area contributed by atoms with Crippen LogP contribution < -0.4 is 10.9 Å². The standard InChI is InChI=1S/C17H16N6O2/c1-10-12(11(2)19-16(25)13(10)9-18)6-7-15(24)20-17-22-21-14-5-3-4-8-23(14)17/h3-5,8H,6-7H2,1-2H3,(H,19,25)(H,20,22,24). The maximum absolute atomic E-state index is 12.2. The van der Waals surface area contributed by atoms with E-state index in [0.29, 0.717) is 29.3 Å². The number of pyridine rings is 2. The van der Waals surface area contributed by atoms with Crippen LogP contribution in [0, 0.1) is 25.2 Å². The van der Waals surface area contributed by atoms with Gasteiger partial charge in [-0.05, 0) is 43.5 Å². The number of carbonyl (C=O) groups excluding carboxylic acids is 1. The number of nitrogens with one attached hydrogen (secondary N) is 2. The van der Waals surface area contributed by atoms with Crippen LogP contribution in [0.15, 0.2) is 29.2 Å². The van der Waals surface area contributed by atoms with Gasteiger partial charge in [0, 0.05) is 18.3 Å². The van der Waals surface area contributed by atoms with Crippen LogP contribution in [0.5, 0.6) is 0 Å². The van der Waals surface area contributed by atoms with Crippen LogP contribution in [0.3, 0.4) is 0 Å². The van der Waals surface area contributed by atoms with Crippen molar-refractivity contribution in [2.75, 3.05) is 5.32 Å². The van der Waals surface area contributed by atoms with Gasteiger partial charge >= 0.3 is 0 Å². The molecule has 0 spiro atoms. The van der Waals surface area contributed by atoms with Crippen molar-refractivity contribution in [3.8, 4) is 6.07 Å². The van der Waals surface area contributed by atoms with Crippen molar-refractivity contribution < 1.29 is 4.79 Å². The number of anilines is 1. The minimum absolute atomic E-state index is 0.0875. The van der Waals surface area contributed by atoms with Gasteiger partial charge in [-0.2, -0.15) is 5.26 Å². The van der Waals surface area contributed by atoms with E-state index in [2.05, 4.69) is 20.5 Å². The molecule has 0 saturated heterocycles. The highest BCUT2D eigenvalue weighted by atomic mass is 16.1. The first-order chi connectivity index (χ1) is 12.0. The van der Waals surface area contributed by atoms with E-state index in [1.54, 1.807) is 30.5 Å². The summed E-state index contributed by atoms with van der Waals surface area (Å²) in [6.45, 7) is 3.48. The van der Waals surface area contributed by atoms with E-state index in [1.165, 1.54) is 0 Å². The molecule has 126 valence electrons. The Labute approximate surface area is 143 Å². The average molecular weight is 336 g/mol. The van der Waals surface area contributed by atoms with Crippen molar-refractivity contribution >= 4 is 17.5 Å². The normalized spacial score (nSPS) is 10.6. The monoisotopic (exact) mass is 336 g/mol. The predicted molar refractivity (Wildman–Crippen MR) is 91.2 cm³/mol. The van der Waals surface area contributed by atoms with Crippen molar-refractivity contribution in [1.82, 2.24) is 19.6 Å². The third-order valence-corrected chi connectivity index (χ3v) is 4.09. The number of hydrogen-bond donors (Lipinski definition) is 2. The molecule has 25 heavy (non-hydrogen) atoms. The Morgan fingerprint density at radius 3 is 2.92 bits per heavy atom. The number of aryl methyl sites for hydroxylation is 1. The number of nitrogens with zero attached hydrogens (tertiary/aromatic N) is 4. The number of nitriles is 1. The number of aromatic nitrogens is 4. The Bertz CT molecular complexity index is 1060. The Balaban J connectivity index is 1.75. The molecule has 0 aliphatic heterocycles. The SMILES string of the molecule is Cc1[nH]c(=O)c(C#N)c(C)c1CCC(=O)Nc1nnc2ccccn12. The number of amides is 1. The van der Waals surface area contributed by atoms with Crippen LogP contribution in [-0.2, 0) is 11.2 Å². The summed E-state index contributed by atoms with van der Waals surface area (Å²) in [6, 6.07) is 7.36. The van der Waals surface area contributed by atoms with E-state index in [-0.39, 0.29) is 17.9 Å². The second kappa shape index (κ2) is 6.57.